The summed E-state index contributed by atoms with van der Waals surface area (Å²) in [4.78, 5) is 31.8. The monoisotopic (exact) mass is 541 g/mol. The van der Waals surface area contributed by atoms with Gasteiger partial charge in [-0.25, -0.2) is 12.8 Å². The quantitative estimate of drug-likeness (QED) is 0.433. The van der Waals surface area contributed by atoms with Gasteiger partial charge in [0.05, 0.1) is 39.4 Å². The first-order valence-electron chi connectivity index (χ1n) is 12.0. The van der Waals surface area contributed by atoms with Gasteiger partial charge in [0.15, 0.2) is 5.78 Å². The Kier molecular flexibility index (Phi) is 6.76. The molecule has 1 fully saturated rings. The Morgan fingerprint density at radius 1 is 1.19 bits per heavy atom. The van der Waals surface area contributed by atoms with E-state index in [0.29, 0.717) is 36.3 Å². The molecule has 1 aromatic heterocycles. The number of halogens is 2. The number of carbonyl (C=O) groups is 2. The van der Waals surface area contributed by atoms with E-state index in [1.807, 2.05) is 13.0 Å². The van der Waals surface area contributed by atoms with Crippen molar-refractivity contribution in [3.8, 4) is 0 Å². The molecule has 1 saturated heterocycles. The number of carbonyl (C=O) groups excluding carboxylic acids is 2. The molecule has 3 heterocycles. The number of amides is 1. The zero-order valence-corrected chi connectivity index (χ0v) is 21.7. The van der Waals surface area contributed by atoms with Gasteiger partial charge in [0.25, 0.3) is 10.0 Å². The fourth-order valence-corrected chi connectivity index (χ4v) is 6.90. The highest BCUT2D eigenvalue weighted by Gasteiger charge is 2.39. The van der Waals surface area contributed by atoms with Crippen molar-refractivity contribution in [2.24, 2.45) is 0 Å². The molecule has 3 aromatic rings. The molecule has 2 aromatic carbocycles. The number of hydrogen-bond acceptors (Lipinski definition) is 5. The number of hydrogen-bond donors (Lipinski definition) is 0. The van der Waals surface area contributed by atoms with Crippen molar-refractivity contribution < 1.29 is 22.4 Å². The van der Waals surface area contributed by atoms with Gasteiger partial charge in [-0.2, -0.15) is 0 Å². The van der Waals surface area contributed by atoms with Gasteiger partial charge in [0, 0.05) is 32.0 Å². The number of ketones is 1. The first-order chi connectivity index (χ1) is 17.6. The molecule has 0 spiro atoms. The standard InChI is InChI=1S/C27H25ClFN3O4S/c1-17-5-2-6-20(11-17)37(35,36)32-16-19(31-10-4-9-26(31)34)14-23-24(32)12-18(15-30-23)13-25(33)27-21(28)7-3-8-22(27)29/h2-3,5-8,11-12,15,19H,4,9-10,13-14,16H2,1H3/t19-/m1/s1. The Morgan fingerprint density at radius 2 is 1.97 bits per heavy atom. The van der Waals surface area contributed by atoms with Gasteiger partial charge in [-0.15, -0.1) is 0 Å². The summed E-state index contributed by atoms with van der Waals surface area (Å²) in [6.07, 6.45) is 2.87. The average Bonchev–Trinajstić information content (AvgIpc) is 3.29. The molecule has 1 amide bonds. The summed E-state index contributed by atoms with van der Waals surface area (Å²) in [5.41, 5.74) is 1.90. The number of rotatable bonds is 6. The second kappa shape index (κ2) is 9.87. The molecule has 0 saturated carbocycles. The van der Waals surface area contributed by atoms with Crippen molar-refractivity contribution in [2.45, 2.75) is 43.5 Å². The van der Waals surface area contributed by atoms with Crippen LogP contribution in [0, 0.1) is 12.7 Å². The number of fused-ring (bicyclic) bond motifs is 1. The first-order valence-corrected chi connectivity index (χ1v) is 13.8. The second-order valence-corrected chi connectivity index (χ2v) is 11.7. The predicted molar refractivity (Wildman–Crippen MR) is 138 cm³/mol. The van der Waals surface area contributed by atoms with Crippen molar-refractivity contribution in [1.29, 1.82) is 0 Å². The van der Waals surface area contributed by atoms with Crippen LogP contribution in [0.1, 0.15) is 40.0 Å². The molecule has 2 aliphatic rings. The second-order valence-electron chi connectivity index (χ2n) is 9.41. The van der Waals surface area contributed by atoms with Crippen LogP contribution in [-0.4, -0.2) is 49.1 Å². The molecule has 37 heavy (non-hydrogen) atoms. The number of pyridine rings is 1. The molecular formula is C27H25ClFN3O4S. The van der Waals surface area contributed by atoms with Crippen molar-refractivity contribution >= 4 is 39.0 Å². The van der Waals surface area contributed by atoms with Crippen LogP contribution in [0.5, 0.6) is 0 Å². The third-order valence-electron chi connectivity index (χ3n) is 6.81. The van der Waals surface area contributed by atoms with E-state index in [-0.39, 0.29) is 40.4 Å². The lowest BCUT2D eigenvalue weighted by molar-refractivity contribution is -0.129. The Bertz CT molecular complexity index is 1490. The fourth-order valence-electron chi connectivity index (χ4n) is 5.00. The Hall–Kier alpha value is -3.30. The SMILES string of the molecule is Cc1cccc(S(=O)(=O)N2C[C@H](N3CCCC3=O)Cc3ncc(CC(=O)c4c(F)cccc4Cl)cc32)c1. The molecule has 2 aliphatic heterocycles. The topological polar surface area (TPSA) is 87.7 Å². The van der Waals surface area contributed by atoms with Crippen LogP contribution in [0.2, 0.25) is 5.02 Å². The number of aryl methyl sites for hydroxylation is 1. The minimum atomic E-state index is -4.00. The predicted octanol–water partition coefficient (Wildman–Crippen LogP) is 4.35. The van der Waals surface area contributed by atoms with Crippen LogP contribution in [0.4, 0.5) is 10.1 Å². The van der Waals surface area contributed by atoms with Crippen LogP contribution in [0.3, 0.4) is 0 Å². The number of likely N-dealkylation sites (tertiary alicyclic amines) is 1. The molecule has 0 N–H and O–H groups in total. The summed E-state index contributed by atoms with van der Waals surface area (Å²) in [5.74, 6) is -1.25. The highest BCUT2D eigenvalue weighted by molar-refractivity contribution is 7.92. The molecule has 5 rings (SSSR count). The number of Topliss-reactive ketones (excluding diaryl/α,β-unsaturated/α-hetero) is 1. The van der Waals surface area contributed by atoms with E-state index in [2.05, 4.69) is 4.98 Å². The van der Waals surface area contributed by atoms with Gasteiger partial charge in [-0.05, 0) is 54.8 Å². The average molecular weight is 542 g/mol. The van der Waals surface area contributed by atoms with E-state index < -0.39 is 21.6 Å². The van der Waals surface area contributed by atoms with Crippen LogP contribution < -0.4 is 4.31 Å². The highest BCUT2D eigenvalue weighted by atomic mass is 35.5. The maximum absolute atomic E-state index is 14.3. The molecule has 192 valence electrons. The summed E-state index contributed by atoms with van der Waals surface area (Å²) in [5, 5.41) is 0.0118. The maximum atomic E-state index is 14.3. The molecule has 0 radical (unpaired) electrons. The van der Waals surface area contributed by atoms with Gasteiger partial charge in [0.2, 0.25) is 5.91 Å². The minimum Gasteiger partial charge on any atom is -0.337 e. The normalized spacial score (nSPS) is 17.7. The van der Waals surface area contributed by atoms with E-state index in [4.69, 9.17) is 11.6 Å². The fraction of sp³-hybridized carbons (Fsp3) is 0.296. The molecule has 0 bridgehead atoms. The van der Waals surface area contributed by atoms with Crippen LogP contribution in [0.15, 0.2) is 59.6 Å². The number of benzene rings is 2. The van der Waals surface area contributed by atoms with E-state index in [1.54, 1.807) is 23.1 Å². The Balaban J connectivity index is 1.54. The summed E-state index contributed by atoms with van der Waals surface area (Å²) >= 11 is 6.06. The zero-order valence-electron chi connectivity index (χ0n) is 20.2. The summed E-state index contributed by atoms with van der Waals surface area (Å²) in [7, 11) is -4.00. The van der Waals surface area contributed by atoms with Crippen molar-refractivity contribution in [1.82, 2.24) is 9.88 Å². The molecule has 7 nitrogen and oxygen atoms in total. The summed E-state index contributed by atoms with van der Waals surface area (Å²) in [6, 6.07) is 11.9. The zero-order chi connectivity index (χ0) is 26.3. The van der Waals surface area contributed by atoms with Crippen molar-refractivity contribution in [3.63, 3.8) is 0 Å². The van der Waals surface area contributed by atoms with Gasteiger partial charge in [-0.3, -0.25) is 18.9 Å². The number of nitrogens with zero attached hydrogens (tertiary/aromatic N) is 3. The largest absolute Gasteiger partial charge is 0.337 e. The third kappa shape index (κ3) is 4.85. The lowest BCUT2D eigenvalue weighted by Gasteiger charge is -2.38. The van der Waals surface area contributed by atoms with Gasteiger partial charge in [-0.1, -0.05) is 29.8 Å². The third-order valence-corrected chi connectivity index (χ3v) is 8.90. The van der Waals surface area contributed by atoms with Crippen LogP contribution in [0.25, 0.3) is 0 Å². The first kappa shape index (κ1) is 25.4. The smallest absolute Gasteiger partial charge is 0.264 e. The molecule has 10 heteroatoms. The lowest BCUT2D eigenvalue weighted by Crippen LogP contribution is -2.51. The van der Waals surface area contributed by atoms with Gasteiger partial charge < -0.3 is 4.90 Å². The van der Waals surface area contributed by atoms with E-state index in [0.717, 1.165) is 12.0 Å². The minimum absolute atomic E-state index is 0.00494. The summed E-state index contributed by atoms with van der Waals surface area (Å²) < 4.78 is 43.3. The number of aromatic nitrogens is 1. The molecular weight excluding hydrogens is 517 g/mol. The van der Waals surface area contributed by atoms with Crippen LogP contribution in [-0.2, 0) is 27.7 Å². The molecule has 0 unspecified atom stereocenters. The van der Waals surface area contributed by atoms with Crippen molar-refractivity contribution in [2.75, 3.05) is 17.4 Å². The summed E-state index contributed by atoms with van der Waals surface area (Å²) in [6.45, 7) is 2.47. The van der Waals surface area contributed by atoms with Crippen LogP contribution >= 0.6 is 11.6 Å². The Labute approximate surface area is 219 Å². The maximum Gasteiger partial charge on any atom is 0.264 e. The lowest BCUT2D eigenvalue weighted by atomic mass is 9.99. The van der Waals surface area contributed by atoms with E-state index >= 15 is 0 Å². The number of sulfonamides is 1. The van der Waals surface area contributed by atoms with Gasteiger partial charge >= 0.3 is 0 Å². The van der Waals surface area contributed by atoms with E-state index in [9.17, 15) is 22.4 Å². The van der Waals surface area contributed by atoms with E-state index in [1.165, 1.54) is 34.8 Å². The molecule has 0 aliphatic carbocycles. The Morgan fingerprint density at radius 3 is 2.68 bits per heavy atom. The highest BCUT2D eigenvalue weighted by Crippen LogP contribution is 2.35. The molecule has 1 atom stereocenters. The van der Waals surface area contributed by atoms with Crippen molar-refractivity contribution in [3.05, 3.63) is 88.0 Å². The number of anilines is 1. The van der Waals surface area contributed by atoms with Gasteiger partial charge in [0.1, 0.15) is 5.82 Å².